The molecule has 4 heteroatoms. The second kappa shape index (κ2) is 4.34. The summed E-state index contributed by atoms with van der Waals surface area (Å²) in [5.41, 5.74) is -0.668. The van der Waals surface area contributed by atoms with Gasteiger partial charge in [0, 0.05) is 18.6 Å². The van der Waals surface area contributed by atoms with Crippen LogP contribution in [0.5, 0.6) is 0 Å². The van der Waals surface area contributed by atoms with Gasteiger partial charge < -0.3 is 9.47 Å². The van der Waals surface area contributed by atoms with Crippen LogP contribution in [0.15, 0.2) is 0 Å². The average Bonchev–Trinajstić information content (AvgIpc) is 2.07. The number of methoxy groups -OCH3 is 1. The molecule has 1 fully saturated rings. The van der Waals surface area contributed by atoms with Crippen molar-refractivity contribution in [3.05, 3.63) is 0 Å². The van der Waals surface area contributed by atoms with E-state index in [-0.39, 0.29) is 17.6 Å². The van der Waals surface area contributed by atoms with Gasteiger partial charge in [0.05, 0.1) is 13.2 Å². The van der Waals surface area contributed by atoms with Crippen LogP contribution in [-0.2, 0) is 14.3 Å². The molecule has 0 amide bonds. The minimum atomic E-state index is -0.844. The summed E-state index contributed by atoms with van der Waals surface area (Å²) < 4.78 is 10.4. The van der Waals surface area contributed by atoms with E-state index in [1.54, 1.807) is 13.8 Å². The molecule has 0 aromatic carbocycles. The number of carbonyl (C=O) groups excluding carboxylic acids is 1. The zero-order valence-corrected chi connectivity index (χ0v) is 11.2. The SMILES string of the molecule is COC(=O)C(C)(C)OC1CN(C(C)(C)C)C1. The molecule has 0 aromatic rings. The third-order valence-corrected chi connectivity index (χ3v) is 2.93. The van der Waals surface area contributed by atoms with Crippen LogP contribution >= 0.6 is 0 Å². The van der Waals surface area contributed by atoms with E-state index in [0.29, 0.717) is 0 Å². The fourth-order valence-corrected chi connectivity index (χ4v) is 1.77. The Kier molecular flexibility index (Phi) is 3.65. The minimum Gasteiger partial charge on any atom is -0.467 e. The summed E-state index contributed by atoms with van der Waals surface area (Å²) >= 11 is 0. The van der Waals surface area contributed by atoms with Crippen LogP contribution < -0.4 is 0 Å². The summed E-state index contributed by atoms with van der Waals surface area (Å²) in [6.07, 6.45) is 0.133. The van der Waals surface area contributed by atoms with Crippen molar-refractivity contribution in [3.63, 3.8) is 0 Å². The zero-order chi connectivity index (χ0) is 12.6. The number of ether oxygens (including phenoxy) is 2. The van der Waals surface area contributed by atoms with Crippen molar-refractivity contribution >= 4 is 5.97 Å². The molecule has 1 aliphatic heterocycles. The number of hydrogen-bond acceptors (Lipinski definition) is 4. The molecule has 0 aromatic heterocycles. The van der Waals surface area contributed by atoms with Gasteiger partial charge in [0.1, 0.15) is 0 Å². The van der Waals surface area contributed by atoms with Gasteiger partial charge in [0.2, 0.25) is 0 Å². The second-order valence-electron chi connectivity index (χ2n) is 5.82. The smallest absolute Gasteiger partial charge is 0.337 e. The molecule has 0 bridgehead atoms. The molecule has 0 atom stereocenters. The Morgan fingerprint density at radius 3 is 2.06 bits per heavy atom. The van der Waals surface area contributed by atoms with Gasteiger partial charge >= 0.3 is 5.97 Å². The minimum absolute atomic E-state index is 0.133. The highest BCUT2D eigenvalue weighted by Gasteiger charge is 2.40. The Balaban J connectivity index is 2.40. The monoisotopic (exact) mass is 229 g/mol. The normalized spacial score (nSPS) is 19.4. The summed E-state index contributed by atoms with van der Waals surface area (Å²) in [6.45, 7) is 11.8. The lowest BCUT2D eigenvalue weighted by atomic mass is 9.98. The number of nitrogens with zero attached hydrogens (tertiary/aromatic N) is 1. The van der Waals surface area contributed by atoms with Crippen molar-refractivity contribution in [2.75, 3.05) is 20.2 Å². The number of hydrogen-bond donors (Lipinski definition) is 0. The summed E-state index contributed by atoms with van der Waals surface area (Å²) in [4.78, 5) is 13.8. The van der Waals surface area contributed by atoms with E-state index in [0.717, 1.165) is 13.1 Å². The van der Waals surface area contributed by atoms with Gasteiger partial charge in [-0.15, -0.1) is 0 Å². The third-order valence-electron chi connectivity index (χ3n) is 2.93. The van der Waals surface area contributed by atoms with Crippen LogP contribution in [0.3, 0.4) is 0 Å². The number of carbonyl (C=O) groups is 1. The van der Waals surface area contributed by atoms with Gasteiger partial charge in [-0.3, -0.25) is 4.90 Å². The third kappa shape index (κ3) is 2.95. The van der Waals surface area contributed by atoms with E-state index < -0.39 is 5.60 Å². The van der Waals surface area contributed by atoms with Gasteiger partial charge in [-0.25, -0.2) is 4.79 Å². The summed E-state index contributed by atoms with van der Waals surface area (Å²) in [5, 5.41) is 0. The maximum atomic E-state index is 11.4. The van der Waals surface area contributed by atoms with Gasteiger partial charge in [-0.05, 0) is 34.6 Å². The van der Waals surface area contributed by atoms with E-state index >= 15 is 0 Å². The molecule has 1 rings (SSSR count). The molecule has 0 N–H and O–H groups in total. The highest BCUT2D eigenvalue weighted by molar-refractivity contribution is 5.78. The first kappa shape index (κ1) is 13.5. The van der Waals surface area contributed by atoms with Gasteiger partial charge in [-0.1, -0.05) is 0 Å². The van der Waals surface area contributed by atoms with Crippen molar-refractivity contribution in [3.8, 4) is 0 Å². The lowest BCUT2D eigenvalue weighted by molar-refractivity contribution is -0.188. The quantitative estimate of drug-likeness (QED) is 0.686. The van der Waals surface area contributed by atoms with Gasteiger partial charge in [0.25, 0.3) is 0 Å². The van der Waals surface area contributed by atoms with E-state index in [9.17, 15) is 4.79 Å². The fourth-order valence-electron chi connectivity index (χ4n) is 1.77. The van der Waals surface area contributed by atoms with E-state index in [1.807, 2.05) is 0 Å². The summed E-state index contributed by atoms with van der Waals surface area (Å²) in [6, 6.07) is 0. The molecule has 16 heavy (non-hydrogen) atoms. The van der Waals surface area contributed by atoms with Crippen molar-refractivity contribution in [2.45, 2.75) is 51.9 Å². The molecule has 0 unspecified atom stereocenters. The second-order valence-corrected chi connectivity index (χ2v) is 5.82. The molecular formula is C12H23NO3. The maximum Gasteiger partial charge on any atom is 0.337 e. The van der Waals surface area contributed by atoms with Crippen molar-refractivity contribution in [1.82, 2.24) is 4.90 Å². The van der Waals surface area contributed by atoms with Crippen LogP contribution in [-0.4, -0.2) is 48.3 Å². The predicted molar refractivity (Wildman–Crippen MR) is 62.3 cm³/mol. The molecular weight excluding hydrogens is 206 g/mol. The first-order valence-electron chi connectivity index (χ1n) is 5.68. The number of rotatable bonds is 3. The Morgan fingerprint density at radius 1 is 1.19 bits per heavy atom. The van der Waals surface area contributed by atoms with E-state index in [1.165, 1.54) is 7.11 Å². The molecule has 1 heterocycles. The lowest BCUT2D eigenvalue weighted by Crippen LogP contribution is -2.61. The zero-order valence-electron chi connectivity index (χ0n) is 11.2. The first-order chi connectivity index (χ1) is 7.16. The van der Waals surface area contributed by atoms with Crippen LogP contribution in [0.1, 0.15) is 34.6 Å². The van der Waals surface area contributed by atoms with Gasteiger partial charge in [-0.2, -0.15) is 0 Å². The Hall–Kier alpha value is -0.610. The molecule has 0 radical (unpaired) electrons. The molecule has 4 nitrogen and oxygen atoms in total. The van der Waals surface area contributed by atoms with Crippen molar-refractivity contribution < 1.29 is 14.3 Å². The Bertz CT molecular complexity index is 262. The Morgan fingerprint density at radius 2 is 1.69 bits per heavy atom. The molecule has 0 spiro atoms. The molecule has 0 aliphatic carbocycles. The van der Waals surface area contributed by atoms with E-state index in [4.69, 9.17) is 9.47 Å². The average molecular weight is 229 g/mol. The predicted octanol–water partition coefficient (Wildman–Crippen LogP) is 1.44. The molecule has 1 aliphatic rings. The molecule has 94 valence electrons. The largest absolute Gasteiger partial charge is 0.467 e. The number of likely N-dealkylation sites (tertiary alicyclic amines) is 1. The standard InChI is InChI=1S/C12H23NO3/c1-11(2,3)13-7-9(8-13)16-12(4,5)10(14)15-6/h9H,7-8H2,1-6H3. The van der Waals surface area contributed by atoms with Crippen LogP contribution in [0, 0.1) is 0 Å². The first-order valence-corrected chi connectivity index (χ1v) is 5.68. The highest BCUT2D eigenvalue weighted by Crippen LogP contribution is 2.26. The van der Waals surface area contributed by atoms with E-state index in [2.05, 4.69) is 25.7 Å². The highest BCUT2D eigenvalue weighted by atomic mass is 16.6. The topological polar surface area (TPSA) is 38.8 Å². The molecule has 0 saturated carbocycles. The lowest BCUT2D eigenvalue weighted by Gasteiger charge is -2.48. The van der Waals surface area contributed by atoms with Crippen molar-refractivity contribution in [1.29, 1.82) is 0 Å². The van der Waals surface area contributed by atoms with Crippen molar-refractivity contribution in [2.24, 2.45) is 0 Å². The molecule has 1 saturated heterocycles. The number of esters is 1. The Labute approximate surface area is 97.9 Å². The summed E-state index contributed by atoms with van der Waals surface area (Å²) in [7, 11) is 1.38. The van der Waals surface area contributed by atoms with Crippen LogP contribution in [0.4, 0.5) is 0 Å². The fraction of sp³-hybridized carbons (Fsp3) is 0.917. The maximum absolute atomic E-state index is 11.4. The summed E-state index contributed by atoms with van der Waals surface area (Å²) in [5.74, 6) is -0.318. The van der Waals surface area contributed by atoms with Crippen LogP contribution in [0.2, 0.25) is 0 Å². The van der Waals surface area contributed by atoms with Crippen LogP contribution in [0.25, 0.3) is 0 Å². The van der Waals surface area contributed by atoms with Gasteiger partial charge in [0.15, 0.2) is 5.60 Å².